The van der Waals surface area contributed by atoms with Gasteiger partial charge in [0.25, 0.3) is 0 Å². The van der Waals surface area contributed by atoms with E-state index in [1.807, 2.05) is 0 Å². The second kappa shape index (κ2) is 5.78. The van der Waals surface area contributed by atoms with Gasteiger partial charge in [-0.05, 0) is 48.0 Å². The van der Waals surface area contributed by atoms with Crippen LogP contribution < -0.4 is 0 Å². The van der Waals surface area contributed by atoms with E-state index in [9.17, 15) is 8.42 Å². The Morgan fingerprint density at radius 2 is 1.26 bits per heavy atom. The maximum Gasteiger partial charge on any atom is 0.199 e. The molecule has 98 valence electrons. The molecule has 0 aliphatic carbocycles. The summed E-state index contributed by atoms with van der Waals surface area (Å²) in [5, 5.41) is 2.28. The molecule has 0 aliphatic rings. The first-order chi connectivity index (χ1) is 8.97. The van der Waals surface area contributed by atoms with Crippen molar-refractivity contribution < 1.29 is 8.42 Å². The summed E-state index contributed by atoms with van der Waals surface area (Å²) in [4.78, 5) is 0.210. The lowest BCUT2D eigenvalue weighted by Crippen LogP contribution is -1.95. The monoisotopic (exact) mass is 312 g/mol. The van der Waals surface area contributed by atoms with Gasteiger partial charge >= 0.3 is 0 Å². The average molecular weight is 313 g/mol. The van der Waals surface area contributed by atoms with Crippen molar-refractivity contribution in [2.75, 3.05) is 0 Å². The molecule has 2 aromatic carbocycles. The standard InChI is InChI=1S/C14H10Cl2O2S/c15-12-3-1-11(2-4-12)9-10-19(17,18)14-7-5-13(16)6-8-14/h1-10H/b10-9+. The van der Waals surface area contributed by atoms with Crippen molar-refractivity contribution in [3.8, 4) is 0 Å². The van der Waals surface area contributed by atoms with Gasteiger partial charge in [0.1, 0.15) is 0 Å². The maximum absolute atomic E-state index is 12.0. The van der Waals surface area contributed by atoms with Crippen LogP contribution in [-0.2, 0) is 9.84 Å². The third kappa shape index (κ3) is 3.83. The van der Waals surface area contributed by atoms with Gasteiger partial charge in [-0.1, -0.05) is 35.3 Å². The van der Waals surface area contributed by atoms with E-state index in [0.717, 1.165) is 5.56 Å². The van der Waals surface area contributed by atoms with Crippen molar-refractivity contribution in [3.05, 3.63) is 69.5 Å². The molecule has 5 heteroatoms. The van der Waals surface area contributed by atoms with Gasteiger partial charge in [0.15, 0.2) is 9.84 Å². The van der Waals surface area contributed by atoms with E-state index in [-0.39, 0.29) is 4.90 Å². The summed E-state index contributed by atoms with van der Waals surface area (Å²) in [5.41, 5.74) is 0.766. The molecular formula is C14H10Cl2O2S. The van der Waals surface area contributed by atoms with Crippen molar-refractivity contribution in [2.24, 2.45) is 0 Å². The molecule has 0 saturated heterocycles. The first-order valence-corrected chi connectivity index (χ1v) is 7.72. The lowest BCUT2D eigenvalue weighted by Gasteiger charge is -1.99. The van der Waals surface area contributed by atoms with Crippen LogP contribution in [0.1, 0.15) is 5.56 Å². The van der Waals surface area contributed by atoms with Gasteiger partial charge in [0.05, 0.1) is 4.90 Å². The van der Waals surface area contributed by atoms with E-state index in [0.29, 0.717) is 10.0 Å². The number of benzene rings is 2. The Labute approximate surface area is 122 Å². The minimum Gasteiger partial charge on any atom is -0.219 e. The lowest BCUT2D eigenvalue weighted by molar-refractivity contribution is 0.605. The summed E-state index contributed by atoms with van der Waals surface area (Å²) in [6.45, 7) is 0. The largest absolute Gasteiger partial charge is 0.219 e. The maximum atomic E-state index is 12.0. The molecule has 0 spiro atoms. The van der Waals surface area contributed by atoms with Crippen molar-refractivity contribution in [1.82, 2.24) is 0 Å². The van der Waals surface area contributed by atoms with E-state index in [4.69, 9.17) is 23.2 Å². The van der Waals surface area contributed by atoms with Gasteiger partial charge in [-0.25, -0.2) is 8.42 Å². The minimum atomic E-state index is -3.46. The Kier molecular flexibility index (Phi) is 4.30. The van der Waals surface area contributed by atoms with Crippen LogP contribution in [0.15, 0.2) is 58.8 Å². The highest BCUT2D eigenvalue weighted by molar-refractivity contribution is 7.94. The Morgan fingerprint density at radius 1 is 0.789 bits per heavy atom. The molecule has 2 nitrogen and oxygen atoms in total. The highest BCUT2D eigenvalue weighted by Crippen LogP contribution is 2.17. The molecule has 0 unspecified atom stereocenters. The molecule has 0 bridgehead atoms. The summed E-state index contributed by atoms with van der Waals surface area (Å²) in [6.07, 6.45) is 1.53. The van der Waals surface area contributed by atoms with Gasteiger partial charge < -0.3 is 0 Å². The smallest absolute Gasteiger partial charge is 0.199 e. The highest BCUT2D eigenvalue weighted by atomic mass is 35.5. The normalized spacial score (nSPS) is 11.9. The molecule has 0 fully saturated rings. The molecule has 0 heterocycles. The second-order valence-corrected chi connectivity index (χ2v) is 6.56. The first kappa shape index (κ1) is 14.1. The van der Waals surface area contributed by atoms with E-state index in [1.54, 1.807) is 36.4 Å². The molecular weight excluding hydrogens is 303 g/mol. The van der Waals surface area contributed by atoms with Crippen molar-refractivity contribution in [1.29, 1.82) is 0 Å². The quantitative estimate of drug-likeness (QED) is 0.839. The number of rotatable bonds is 3. The van der Waals surface area contributed by atoms with E-state index in [1.165, 1.54) is 23.6 Å². The molecule has 0 aliphatic heterocycles. The van der Waals surface area contributed by atoms with Gasteiger partial charge in [-0.2, -0.15) is 0 Å². The molecule has 0 amide bonds. The summed E-state index contributed by atoms with van der Waals surface area (Å²) >= 11 is 11.5. The third-order valence-corrected chi connectivity index (χ3v) is 4.38. The molecule has 0 saturated carbocycles. The predicted molar refractivity (Wildman–Crippen MR) is 79.1 cm³/mol. The summed E-state index contributed by atoms with van der Waals surface area (Å²) in [5.74, 6) is 0. The van der Waals surface area contributed by atoms with Crippen LogP contribution >= 0.6 is 23.2 Å². The minimum absolute atomic E-state index is 0.210. The second-order valence-electron chi connectivity index (χ2n) is 3.85. The molecule has 0 aromatic heterocycles. The molecule has 2 aromatic rings. The van der Waals surface area contributed by atoms with Gasteiger partial charge in [0, 0.05) is 15.5 Å². The fraction of sp³-hybridized carbons (Fsp3) is 0. The lowest BCUT2D eigenvalue weighted by atomic mass is 10.2. The van der Waals surface area contributed by atoms with Gasteiger partial charge in [-0.3, -0.25) is 0 Å². The third-order valence-electron chi connectivity index (χ3n) is 2.45. The highest BCUT2D eigenvalue weighted by Gasteiger charge is 2.09. The average Bonchev–Trinajstić information content (AvgIpc) is 2.39. The molecule has 0 radical (unpaired) electrons. The number of sulfone groups is 1. The Hall–Kier alpha value is -1.29. The Morgan fingerprint density at radius 3 is 1.79 bits per heavy atom. The topological polar surface area (TPSA) is 34.1 Å². The predicted octanol–water partition coefficient (Wildman–Crippen LogP) is 4.44. The first-order valence-electron chi connectivity index (χ1n) is 5.42. The van der Waals surface area contributed by atoms with Crippen LogP contribution in [-0.4, -0.2) is 8.42 Å². The van der Waals surface area contributed by atoms with Crippen LogP contribution in [0, 0.1) is 0 Å². The van der Waals surface area contributed by atoms with E-state index < -0.39 is 9.84 Å². The van der Waals surface area contributed by atoms with Crippen LogP contribution in [0.25, 0.3) is 6.08 Å². The molecule has 2 rings (SSSR count). The zero-order chi connectivity index (χ0) is 13.9. The van der Waals surface area contributed by atoms with Crippen LogP contribution in [0.5, 0.6) is 0 Å². The summed E-state index contributed by atoms with van der Waals surface area (Å²) in [7, 11) is -3.46. The van der Waals surface area contributed by atoms with E-state index >= 15 is 0 Å². The zero-order valence-electron chi connectivity index (χ0n) is 9.75. The Balaban J connectivity index is 2.26. The SMILES string of the molecule is O=S(=O)(/C=C/c1ccc(Cl)cc1)c1ccc(Cl)cc1. The van der Waals surface area contributed by atoms with Crippen molar-refractivity contribution in [3.63, 3.8) is 0 Å². The van der Waals surface area contributed by atoms with E-state index in [2.05, 4.69) is 0 Å². The summed E-state index contributed by atoms with van der Waals surface area (Å²) in [6, 6.07) is 12.9. The zero-order valence-corrected chi connectivity index (χ0v) is 12.1. The van der Waals surface area contributed by atoms with Crippen molar-refractivity contribution >= 4 is 39.1 Å². The fourth-order valence-electron chi connectivity index (χ4n) is 1.44. The number of hydrogen-bond acceptors (Lipinski definition) is 2. The van der Waals surface area contributed by atoms with Crippen LogP contribution in [0.3, 0.4) is 0 Å². The van der Waals surface area contributed by atoms with Crippen LogP contribution in [0.4, 0.5) is 0 Å². The molecule has 0 atom stereocenters. The summed E-state index contributed by atoms with van der Waals surface area (Å²) < 4.78 is 24.1. The van der Waals surface area contributed by atoms with Crippen LogP contribution in [0.2, 0.25) is 10.0 Å². The molecule has 0 N–H and O–H groups in total. The number of hydrogen-bond donors (Lipinski definition) is 0. The number of halogens is 2. The Bertz CT molecular complexity index is 687. The fourth-order valence-corrected chi connectivity index (χ4v) is 2.71. The molecule has 19 heavy (non-hydrogen) atoms. The van der Waals surface area contributed by atoms with Gasteiger partial charge in [0.2, 0.25) is 0 Å². The van der Waals surface area contributed by atoms with Gasteiger partial charge in [-0.15, -0.1) is 0 Å². The van der Waals surface area contributed by atoms with Crippen molar-refractivity contribution in [2.45, 2.75) is 4.90 Å².